The van der Waals surface area contributed by atoms with E-state index in [-0.39, 0.29) is 6.04 Å². The van der Waals surface area contributed by atoms with Crippen molar-refractivity contribution in [2.75, 3.05) is 7.11 Å². The van der Waals surface area contributed by atoms with E-state index in [0.717, 1.165) is 31.0 Å². The number of hydrogen-bond donors (Lipinski definition) is 2. The van der Waals surface area contributed by atoms with Crippen LogP contribution in [0.4, 0.5) is 0 Å². The Kier molecular flexibility index (Phi) is 5.15. The van der Waals surface area contributed by atoms with Crippen molar-refractivity contribution >= 4 is 0 Å². The van der Waals surface area contributed by atoms with Gasteiger partial charge in [-0.05, 0) is 37.5 Å². The predicted octanol–water partition coefficient (Wildman–Crippen LogP) is 2.05. The van der Waals surface area contributed by atoms with Gasteiger partial charge in [-0.1, -0.05) is 12.1 Å². The zero-order valence-corrected chi connectivity index (χ0v) is 12.0. The van der Waals surface area contributed by atoms with Gasteiger partial charge in [0.15, 0.2) is 0 Å². The van der Waals surface area contributed by atoms with Gasteiger partial charge in [0.1, 0.15) is 11.6 Å². The normalized spacial score (nSPS) is 12.3. The molecule has 2 aromatic rings. The van der Waals surface area contributed by atoms with Gasteiger partial charge in [0.2, 0.25) is 0 Å². The highest BCUT2D eigenvalue weighted by Gasteiger charge is 2.14. The molecule has 1 heterocycles. The number of imidazole rings is 1. The lowest BCUT2D eigenvalue weighted by molar-refractivity contribution is 0.414. The standard InChI is InChI=1S/C15H22N4O/c1-3-19-11-10-17-15(19)14(18-16)9-6-12-4-7-13(20-2)8-5-12/h4-5,7-8,10-11,14,18H,3,6,9,16H2,1-2H3. The Morgan fingerprint density at radius 2 is 2.10 bits per heavy atom. The van der Waals surface area contributed by atoms with Crippen molar-refractivity contribution in [3.63, 3.8) is 0 Å². The number of ether oxygens (including phenoxy) is 1. The second kappa shape index (κ2) is 7.07. The predicted molar refractivity (Wildman–Crippen MR) is 79.3 cm³/mol. The lowest BCUT2D eigenvalue weighted by Crippen LogP contribution is -2.30. The molecule has 5 heteroatoms. The minimum atomic E-state index is 0.0621. The molecule has 0 radical (unpaired) electrons. The van der Waals surface area contributed by atoms with E-state index in [1.54, 1.807) is 7.11 Å². The van der Waals surface area contributed by atoms with Crippen LogP contribution in [0, 0.1) is 0 Å². The number of nitrogens with zero attached hydrogens (tertiary/aromatic N) is 2. The number of nitrogens with one attached hydrogen (secondary N) is 1. The molecule has 3 N–H and O–H groups in total. The van der Waals surface area contributed by atoms with Gasteiger partial charge >= 0.3 is 0 Å². The van der Waals surface area contributed by atoms with E-state index in [4.69, 9.17) is 10.6 Å². The average molecular weight is 274 g/mol. The third-order valence-corrected chi connectivity index (χ3v) is 3.48. The molecule has 0 aliphatic rings. The van der Waals surface area contributed by atoms with E-state index in [0.29, 0.717) is 0 Å². The second-order valence-corrected chi connectivity index (χ2v) is 4.68. The Balaban J connectivity index is 2.00. The molecule has 0 aliphatic heterocycles. The molecule has 2 rings (SSSR count). The Morgan fingerprint density at radius 3 is 2.70 bits per heavy atom. The van der Waals surface area contributed by atoms with Crippen LogP contribution in [0.3, 0.4) is 0 Å². The van der Waals surface area contributed by atoms with E-state index in [1.165, 1.54) is 5.56 Å². The van der Waals surface area contributed by atoms with Crippen molar-refractivity contribution in [3.05, 3.63) is 48.0 Å². The SMILES string of the molecule is CCn1ccnc1C(CCc1ccc(OC)cc1)NN. The van der Waals surface area contributed by atoms with E-state index in [1.807, 2.05) is 24.5 Å². The summed E-state index contributed by atoms with van der Waals surface area (Å²) in [6.07, 6.45) is 5.64. The average Bonchev–Trinajstić information content (AvgIpc) is 2.97. The molecule has 0 bridgehead atoms. The molecule has 0 aliphatic carbocycles. The molecule has 20 heavy (non-hydrogen) atoms. The molecule has 0 spiro atoms. The number of hydrazine groups is 1. The van der Waals surface area contributed by atoms with Crippen LogP contribution in [0.25, 0.3) is 0 Å². The highest BCUT2D eigenvalue weighted by Crippen LogP contribution is 2.19. The summed E-state index contributed by atoms with van der Waals surface area (Å²) in [6, 6.07) is 8.18. The molecule has 5 nitrogen and oxygen atoms in total. The summed E-state index contributed by atoms with van der Waals surface area (Å²) in [7, 11) is 1.67. The van der Waals surface area contributed by atoms with Crippen LogP contribution in [0.15, 0.2) is 36.7 Å². The van der Waals surface area contributed by atoms with Crippen molar-refractivity contribution in [2.24, 2.45) is 5.84 Å². The van der Waals surface area contributed by atoms with Crippen LogP contribution in [0.5, 0.6) is 5.75 Å². The number of hydrogen-bond acceptors (Lipinski definition) is 4. The summed E-state index contributed by atoms with van der Waals surface area (Å²) < 4.78 is 7.27. The molecule has 1 aromatic heterocycles. The monoisotopic (exact) mass is 274 g/mol. The minimum Gasteiger partial charge on any atom is -0.497 e. The lowest BCUT2D eigenvalue weighted by atomic mass is 10.0. The van der Waals surface area contributed by atoms with Gasteiger partial charge in [-0.15, -0.1) is 0 Å². The fourth-order valence-corrected chi connectivity index (χ4v) is 2.29. The summed E-state index contributed by atoms with van der Waals surface area (Å²) in [5, 5.41) is 0. The van der Waals surface area contributed by atoms with E-state index in [9.17, 15) is 0 Å². The number of methoxy groups -OCH3 is 1. The fourth-order valence-electron chi connectivity index (χ4n) is 2.29. The summed E-state index contributed by atoms with van der Waals surface area (Å²) in [4.78, 5) is 4.40. The second-order valence-electron chi connectivity index (χ2n) is 4.68. The first-order valence-corrected chi connectivity index (χ1v) is 6.88. The zero-order valence-electron chi connectivity index (χ0n) is 12.0. The molecule has 0 fully saturated rings. The molecule has 108 valence electrons. The fraction of sp³-hybridized carbons (Fsp3) is 0.400. The third-order valence-electron chi connectivity index (χ3n) is 3.48. The van der Waals surface area contributed by atoms with Gasteiger partial charge < -0.3 is 9.30 Å². The van der Waals surface area contributed by atoms with Gasteiger partial charge in [-0.2, -0.15) is 0 Å². The van der Waals surface area contributed by atoms with Gasteiger partial charge in [0.25, 0.3) is 0 Å². The molecular formula is C15H22N4O. The maximum absolute atomic E-state index is 5.67. The van der Waals surface area contributed by atoms with Gasteiger partial charge in [-0.25, -0.2) is 10.4 Å². The molecule has 1 unspecified atom stereocenters. The highest BCUT2D eigenvalue weighted by atomic mass is 16.5. The van der Waals surface area contributed by atoms with Crippen LogP contribution in [-0.2, 0) is 13.0 Å². The first-order chi connectivity index (χ1) is 9.78. The van der Waals surface area contributed by atoms with Crippen molar-refractivity contribution in [1.82, 2.24) is 15.0 Å². The summed E-state index contributed by atoms with van der Waals surface area (Å²) in [5.74, 6) is 7.54. The number of aromatic nitrogens is 2. The van der Waals surface area contributed by atoms with Gasteiger partial charge in [0, 0.05) is 18.9 Å². The molecule has 1 atom stereocenters. The third kappa shape index (κ3) is 3.37. The topological polar surface area (TPSA) is 65.1 Å². The maximum atomic E-state index is 5.67. The van der Waals surface area contributed by atoms with Gasteiger partial charge in [0.05, 0.1) is 13.2 Å². The van der Waals surface area contributed by atoms with E-state index in [2.05, 4.69) is 34.0 Å². The molecule has 0 amide bonds. The molecule has 1 aromatic carbocycles. The Morgan fingerprint density at radius 1 is 1.35 bits per heavy atom. The number of rotatable bonds is 7. The number of benzene rings is 1. The summed E-state index contributed by atoms with van der Waals surface area (Å²) in [6.45, 7) is 3.00. The van der Waals surface area contributed by atoms with E-state index >= 15 is 0 Å². The van der Waals surface area contributed by atoms with Crippen molar-refractivity contribution in [3.8, 4) is 5.75 Å². The number of aryl methyl sites for hydroxylation is 2. The summed E-state index contributed by atoms with van der Waals surface area (Å²) in [5.41, 5.74) is 4.13. The maximum Gasteiger partial charge on any atom is 0.127 e. The Hall–Kier alpha value is -1.85. The zero-order chi connectivity index (χ0) is 14.4. The lowest BCUT2D eigenvalue weighted by Gasteiger charge is -2.16. The number of nitrogens with two attached hydrogens (primary N) is 1. The van der Waals surface area contributed by atoms with Gasteiger partial charge in [-0.3, -0.25) is 5.84 Å². The highest BCUT2D eigenvalue weighted by molar-refractivity contribution is 5.27. The molecule has 0 saturated heterocycles. The quantitative estimate of drug-likeness (QED) is 0.599. The minimum absolute atomic E-state index is 0.0621. The molecular weight excluding hydrogens is 252 g/mol. The molecule has 0 saturated carbocycles. The van der Waals surface area contributed by atoms with Crippen LogP contribution < -0.4 is 16.0 Å². The van der Waals surface area contributed by atoms with E-state index < -0.39 is 0 Å². The smallest absolute Gasteiger partial charge is 0.127 e. The first-order valence-electron chi connectivity index (χ1n) is 6.88. The van der Waals surface area contributed by atoms with Crippen molar-refractivity contribution < 1.29 is 4.74 Å². The Labute approximate surface area is 119 Å². The van der Waals surface area contributed by atoms with Crippen molar-refractivity contribution in [2.45, 2.75) is 32.4 Å². The van der Waals surface area contributed by atoms with Crippen molar-refractivity contribution in [1.29, 1.82) is 0 Å². The summed E-state index contributed by atoms with van der Waals surface area (Å²) >= 11 is 0. The van der Waals surface area contributed by atoms with Crippen LogP contribution >= 0.6 is 0 Å². The first kappa shape index (κ1) is 14.6. The largest absolute Gasteiger partial charge is 0.497 e. The Bertz CT molecular complexity index is 521. The van der Waals surface area contributed by atoms with Crippen LogP contribution in [0.2, 0.25) is 0 Å². The van der Waals surface area contributed by atoms with Crippen LogP contribution in [0.1, 0.15) is 30.8 Å². The van der Waals surface area contributed by atoms with Crippen LogP contribution in [-0.4, -0.2) is 16.7 Å².